The number of aliphatic hydroxyl groups is 1. The topological polar surface area (TPSA) is 38.1 Å². The molecule has 0 bridgehead atoms. The molecule has 0 aliphatic carbocycles. The van der Waals surface area contributed by atoms with Crippen molar-refractivity contribution >= 4 is 11.6 Å². The van der Waals surface area contributed by atoms with Crippen molar-refractivity contribution in [1.29, 1.82) is 0 Å². The van der Waals surface area contributed by atoms with E-state index in [1.54, 1.807) is 4.68 Å². The molecule has 2 rings (SSSR count). The molecule has 1 aromatic heterocycles. The van der Waals surface area contributed by atoms with Gasteiger partial charge in [0, 0.05) is 19.0 Å². The summed E-state index contributed by atoms with van der Waals surface area (Å²) in [5.74, 6) is 0. The van der Waals surface area contributed by atoms with Crippen molar-refractivity contribution in [3.63, 3.8) is 0 Å². The molecule has 1 unspecified atom stereocenters. The van der Waals surface area contributed by atoms with Gasteiger partial charge in [-0.15, -0.1) is 0 Å². The molecule has 1 atom stereocenters. The van der Waals surface area contributed by atoms with E-state index in [1.165, 1.54) is 5.56 Å². The highest BCUT2D eigenvalue weighted by atomic mass is 35.5. The first-order valence-corrected chi connectivity index (χ1v) is 6.71. The Kier molecular flexibility index (Phi) is 3.97. The van der Waals surface area contributed by atoms with Crippen LogP contribution >= 0.6 is 11.6 Å². The molecule has 1 N–H and O–H groups in total. The highest BCUT2D eigenvalue weighted by Crippen LogP contribution is 2.27. The van der Waals surface area contributed by atoms with Crippen LogP contribution in [0.3, 0.4) is 0 Å². The van der Waals surface area contributed by atoms with Crippen molar-refractivity contribution in [2.24, 2.45) is 7.05 Å². The first kappa shape index (κ1) is 14.1. The number of benzene rings is 1. The van der Waals surface area contributed by atoms with Gasteiger partial charge >= 0.3 is 0 Å². The fourth-order valence-electron chi connectivity index (χ4n) is 2.41. The minimum atomic E-state index is -0.555. The third-order valence-corrected chi connectivity index (χ3v) is 3.92. The van der Waals surface area contributed by atoms with E-state index in [0.29, 0.717) is 11.6 Å². The van der Waals surface area contributed by atoms with E-state index < -0.39 is 6.10 Å². The van der Waals surface area contributed by atoms with Crippen LogP contribution in [-0.4, -0.2) is 14.9 Å². The Morgan fingerprint density at radius 3 is 2.53 bits per heavy atom. The Hall–Kier alpha value is -1.32. The van der Waals surface area contributed by atoms with Gasteiger partial charge in [0.2, 0.25) is 0 Å². The van der Waals surface area contributed by atoms with Crippen LogP contribution in [0.15, 0.2) is 18.2 Å². The Bertz CT molecular complexity index is 604. The summed E-state index contributed by atoms with van der Waals surface area (Å²) in [6.07, 6.45) is -0.0661. The molecule has 3 nitrogen and oxygen atoms in total. The van der Waals surface area contributed by atoms with Crippen LogP contribution in [0.4, 0.5) is 0 Å². The van der Waals surface area contributed by atoms with Crippen molar-refractivity contribution in [3.8, 4) is 0 Å². The number of hydrogen-bond acceptors (Lipinski definition) is 2. The maximum absolute atomic E-state index is 10.4. The van der Waals surface area contributed by atoms with Crippen molar-refractivity contribution in [2.45, 2.75) is 33.3 Å². The molecular weight excluding hydrogens is 260 g/mol. The Morgan fingerprint density at radius 1 is 1.32 bits per heavy atom. The van der Waals surface area contributed by atoms with Crippen LogP contribution in [0, 0.1) is 20.8 Å². The fourth-order valence-corrected chi connectivity index (χ4v) is 2.66. The molecule has 2 aromatic rings. The maximum atomic E-state index is 10.4. The average Bonchev–Trinajstić information content (AvgIpc) is 2.56. The van der Waals surface area contributed by atoms with E-state index in [-0.39, 0.29) is 0 Å². The highest BCUT2D eigenvalue weighted by molar-refractivity contribution is 6.30. The Balaban J connectivity index is 2.28. The largest absolute Gasteiger partial charge is 0.388 e. The van der Waals surface area contributed by atoms with E-state index >= 15 is 0 Å². The van der Waals surface area contributed by atoms with E-state index in [2.05, 4.69) is 11.2 Å². The predicted molar refractivity (Wildman–Crippen MR) is 77.5 cm³/mol. The number of hydrogen-bond donors (Lipinski definition) is 1. The Morgan fingerprint density at radius 2 is 2.00 bits per heavy atom. The molecule has 0 aliphatic rings. The van der Waals surface area contributed by atoms with Crippen LogP contribution in [0.5, 0.6) is 0 Å². The summed E-state index contributed by atoms with van der Waals surface area (Å²) in [6.45, 7) is 5.98. The smallest absolute Gasteiger partial charge is 0.130 e. The normalized spacial score (nSPS) is 12.7. The number of halogens is 1. The first-order valence-electron chi connectivity index (χ1n) is 6.33. The summed E-state index contributed by atoms with van der Waals surface area (Å²) in [5.41, 5.74) is 5.03. The fraction of sp³-hybridized carbons (Fsp3) is 0.400. The third kappa shape index (κ3) is 2.82. The summed E-state index contributed by atoms with van der Waals surface area (Å²) < 4.78 is 1.64. The number of aromatic nitrogens is 2. The third-order valence-electron chi connectivity index (χ3n) is 3.45. The molecule has 1 heterocycles. The van der Waals surface area contributed by atoms with Crippen LogP contribution in [0.1, 0.15) is 34.1 Å². The lowest BCUT2D eigenvalue weighted by Crippen LogP contribution is -2.05. The average molecular weight is 279 g/mol. The lowest BCUT2D eigenvalue weighted by atomic mass is 9.97. The molecular formula is C15H19ClN2O. The Labute approximate surface area is 118 Å². The zero-order valence-corrected chi connectivity index (χ0v) is 12.5. The van der Waals surface area contributed by atoms with E-state index in [1.807, 2.05) is 40.0 Å². The molecule has 19 heavy (non-hydrogen) atoms. The second-order valence-electron chi connectivity index (χ2n) is 5.06. The van der Waals surface area contributed by atoms with E-state index in [9.17, 15) is 5.11 Å². The highest BCUT2D eigenvalue weighted by Gasteiger charge is 2.17. The van der Waals surface area contributed by atoms with Crippen LogP contribution in [0.2, 0.25) is 5.15 Å². The van der Waals surface area contributed by atoms with Gasteiger partial charge in [0.05, 0.1) is 11.8 Å². The summed E-state index contributed by atoms with van der Waals surface area (Å²) in [7, 11) is 1.81. The molecule has 102 valence electrons. The summed E-state index contributed by atoms with van der Waals surface area (Å²) in [4.78, 5) is 0. The standard InChI is InChI=1S/C15H19ClN2O/c1-9-5-6-12(10(2)7-9)14(19)8-13-11(3)17-18(4)15(13)16/h5-7,14,19H,8H2,1-4H3. The van der Waals surface area contributed by atoms with Gasteiger partial charge in [-0.3, -0.25) is 4.68 Å². The second kappa shape index (κ2) is 5.35. The molecule has 0 radical (unpaired) electrons. The molecule has 0 fully saturated rings. The van der Waals surface area contributed by atoms with Crippen LogP contribution in [-0.2, 0) is 13.5 Å². The molecule has 1 aromatic carbocycles. The van der Waals surface area contributed by atoms with Gasteiger partial charge < -0.3 is 5.11 Å². The SMILES string of the molecule is Cc1ccc(C(O)Cc2c(C)nn(C)c2Cl)c(C)c1. The number of nitrogens with zero attached hydrogens (tertiary/aromatic N) is 2. The molecule has 0 amide bonds. The quantitative estimate of drug-likeness (QED) is 0.936. The second-order valence-corrected chi connectivity index (χ2v) is 5.42. The predicted octanol–water partition coefficient (Wildman–Crippen LogP) is 3.27. The van der Waals surface area contributed by atoms with Crippen molar-refractivity contribution in [3.05, 3.63) is 51.3 Å². The molecule has 0 aliphatic heterocycles. The molecule has 0 spiro atoms. The monoisotopic (exact) mass is 278 g/mol. The van der Waals surface area contributed by atoms with Crippen LogP contribution in [0.25, 0.3) is 0 Å². The summed E-state index contributed by atoms with van der Waals surface area (Å²) in [6, 6.07) is 6.08. The van der Waals surface area contributed by atoms with Crippen LogP contribution < -0.4 is 0 Å². The number of aliphatic hydroxyl groups excluding tert-OH is 1. The zero-order chi connectivity index (χ0) is 14.2. The number of rotatable bonds is 3. The lowest BCUT2D eigenvalue weighted by molar-refractivity contribution is 0.177. The van der Waals surface area contributed by atoms with Gasteiger partial charge in [0.1, 0.15) is 5.15 Å². The summed E-state index contributed by atoms with van der Waals surface area (Å²) >= 11 is 6.20. The van der Waals surface area contributed by atoms with Crippen molar-refractivity contribution < 1.29 is 5.11 Å². The minimum Gasteiger partial charge on any atom is -0.388 e. The lowest BCUT2D eigenvalue weighted by Gasteiger charge is -2.14. The van der Waals surface area contributed by atoms with Gasteiger partial charge in [0.15, 0.2) is 0 Å². The zero-order valence-electron chi connectivity index (χ0n) is 11.7. The summed E-state index contributed by atoms with van der Waals surface area (Å²) in [5, 5.41) is 15.3. The molecule has 4 heteroatoms. The molecule has 0 saturated carbocycles. The van der Waals surface area contributed by atoms with Gasteiger partial charge in [-0.2, -0.15) is 5.10 Å². The first-order chi connectivity index (χ1) is 8.90. The van der Waals surface area contributed by atoms with E-state index in [0.717, 1.165) is 22.4 Å². The van der Waals surface area contributed by atoms with Gasteiger partial charge in [-0.25, -0.2) is 0 Å². The maximum Gasteiger partial charge on any atom is 0.130 e. The van der Waals surface area contributed by atoms with Gasteiger partial charge in [-0.1, -0.05) is 35.4 Å². The minimum absolute atomic E-state index is 0.488. The molecule has 0 saturated heterocycles. The van der Waals surface area contributed by atoms with Gasteiger partial charge in [-0.05, 0) is 31.9 Å². The van der Waals surface area contributed by atoms with Crippen molar-refractivity contribution in [2.75, 3.05) is 0 Å². The van der Waals surface area contributed by atoms with E-state index in [4.69, 9.17) is 11.6 Å². The van der Waals surface area contributed by atoms with Gasteiger partial charge in [0.25, 0.3) is 0 Å². The van der Waals surface area contributed by atoms with Crippen molar-refractivity contribution in [1.82, 2.24) is 9.78 Å². The number of aryl methyl sites for hydroxylation is 4.